The van der Waals surface area contributed by atoms with E-state index in [1.807, 2.05) is 0 Å². The predicted molar refractivity (Wildman–Crippen MR) is 74.5 cm³/mol. The van der Waals surface area contributed by atoms with Crippen LogP contribution in [0.15, 0.2) is 24.3 Å². The average Bonchev–Trinajstić information content (AvgIpc) is 2.79. The van der Waals surface area contributed by atoms with E-state index in [9.17, 15) is 0 Å². The summed E-state index contributed by atoms with van der Waals surface area (Å²) in [5, 5.41) is 3.58. The molecule has 0 amide bonds. The van der Waals surface area contributed by atoms with E-state index in [-0.39, 0.29) is 0 Å². The minimum atomic E-state index is 0.446. The number of nitrogens with one attached hydrogen (secondary N) is 1. The summed E-state index contributed by atoms with van der Waals surface area (Å²) in [6, 6.07) is 9.21. The van der Waals surface area contributed by atoms with Crippen molar-refractivity contribution in [3.8, 4) is 0 Å². The lowest BCUT2D eigenvalue weighted by Gasteiger charge is -2.24. The maximum absolute atomic E-state index is 5.49. The molecule has 16 heavy (non-hydrogen) atoms. The van der Waals surface area contributed by atoms with Crippen molar-refractivity contribution in [2.24, 2.45) is 5.92 Å². The van der Waals surface area contributed by atoms with E-state index in [1.54, 1.807) is 0 Å². The van der Waals surface area contributed by atoms with Crippen molar-refractivity contribution >= 4 is 22.6 Å². The maximum atomic E-state index is 5.49. The fraction of sp³-hybridized carbons (Fsp3) is 0.538. The van der Waals surface area contributed by atoms with Crippen molar-refractivity contribution in [2.45, 2.75) is 19.4 Å². The molecule has 0 radical (unpaired) electrons. The molecule has 2 nitrogen and oxygen atoms in total. The van der Waals surface area contributed by atoms with E-state index in [4.69, 9.17) is 4.74 Å². The number of benzene rings is 1. The van der Waals surface area contributed by atoms with Gasteiger partial charge in [-0.3, -0.25) is 0 Å². The highest BCUT2D eigenvalue weighted by molar-refractivity contribution is 14.1. The highest BCUT2D eigenvalue weighted by Gasteiger charge is 2.26. The summed E-state index contributed by atoms with van der Waals surface area (Å²) in [6.45, 7) is 4.98. The Morgan fingerprint density at radius 2 is 2.44 bits per heavy atom. The summed E-state index contributed by atoms with van der Waals surface area (Å²) in [5.74, 6) is 0.623. The predicted octanol–water partition coefficient (Wildman–Crippen LogP) is 2.98. The van der Waals surface area contributed by atoms with Crippen molar-refractivity contribution < 1.29 is 4.74 Å². The van der Waals surface area contributed by atoms with Crippen LogP contribution in [-0.4, -0.2) is 19.8 Å². The Hall–Kier alpha value is -0.130. The molecule has 1 N–H and O–H groups in total. The zero-order chi connectivity index (χ0) is 11.4. The Bertz CT molecular complexity index is 336. The topological polar surface area (TPSA) is 21.3 Å². The minimum Gasteiger partial charge on any atom is -0.381 e. The van der Waals surface area contributed by atoms with Gasteiger partial charge in [0.15, 0.2) is 0 Å². The Labute approximate surface area is 111 Å². The van der Waals surface area contributed by atoms with Crippen molar-refractivity contribution in [3.05, 3.63) is 33.4 Å². The average molecular weight is 331 g/mol. The first-order valence-electron chi connectivity index (χ1n) is 5.88. The quantitative estimate of drug-likeness (QED) is 0.857. The lowest BCUT2D eigenvalue weighted by molar-refractivity contribution is 0.177. The van der Waals surface area contributed by atoms with Gasteiger partial charge in [-0.2, -0.15) is 0 Å². The van der Waals surface area contributed by atoms with Gasteiger partial charge < -0.3 is 10.1 Å². The van der Waals surface area contributed by atoms with Gasteiger partial charge in [0.1, 0.15) is 0 Å². The highest BCUT2D eigenvalue weighted by Crippen LogP contribution is 2.29. The second kappa shape index (κ2) is 5.98. The zero-order valence-electron chi connectivity index (χ0n) is 9.58. The van der Waals surface area contributed by atoms with Crippen LogP contribution in [0.4, 0.5) is 0 Å². The molecular formula is C13H18INO. The molecule has 1 aromatic rings. The monoisotopic (exact) mass is 331 g/mol. The van der Waals surface area contributed by atoms with Crippen LogP contribution in [0.2, 0.25) is 0 Å². The first-order valence-corrected chi connectivity index (χ1v) is 6.95. The van der Waals surface area contributed by atoms with Gasteiger partial charge in [0, 0.05) is 22.1 Å². The Balaban J connectivity index is 2.17. The third-order valence-corrected chi connectivity index (χ3v) is 3.74. The molecule has 1 saturated heterocycles. The highest BCUT2D eigenvalue weighted by atomic mass is 127. The number of ether oxygens (including phenoxy) is 1. The molecule has 1 fully saturated rings. The molecule has 88 valence electrons. The maximum Gasteiger partial charge on any atom is 0.0513 e. The molecule has 1 aliphatic rings. The zero-order valence-corrected chi connectivity index (χ0v) is 11.7. The van der Waals surface area contributed by atoms with E-state index in [0.717, 1.165) is 19.8 Å². The number of rotatable bonds is 4. The summed E-state index contributed by atoms with van der Waals surface area (Å²) >= 11 is 2.37. The van der Waals surface area contributed by atoms with Crippen molar-refractivity contribution in [1.29, 1.82) is 0 Å². The molecule has 0 bridgehead atoms. The summed E-state index contributed by atoms with van der Waals surface area (Å²) in [4.78, 5) is 0. The van der Waals surface area contributed by atoms with Gasteiger partial charge in [0.05, 0.1) is 6.61 Å². The molecule has 0 aliphatic carbocycles. The fourth-order valence-corrected chi connectivity index (χ4v) is 2.86. The molecule has 1 heterocycles. The standard InChI is InChI=1S/C13H18INO/c1-2-15-13(11-6-7-16-9-11)10-4-3-5-12(14)8-10/h3-5,8,11,13,15H,2,6-7,9H2,1H3. The van der Waals surface area contributed by atoms with Gasteiger partial charge in [-0.25, -0.2) is 0 Å². The molecule has 0 saturated carbocycles. The molecule has 0 aromatic heterocycles. The smallest absolute Gasteiger partial charge is 0.0513 e. The van der Waals surface area contributed by atoms with Gasteiger partial charge in [-0.15, -0.1) is 0 Å². The molecule has 1 aliphatic heterocycles. The number of halogens is 1. The fourth-order valence-electron chi connectivity index (χ4n) is 2.29. The van der Waals surface area contributed by atoms with E-state index >= 15 is 0 Å². The van der Waals surface area contributed by atoms with Crippen LogP contribution < -0.4 is 5.32 Å². The Morgan fingerprint density at radius 1 is 1.56 bits per heavy atom. The molecule has 3 heteroatoms. The largest absolute Gasteiger partial charge is 0.381 e. The van der Waals surface area contributed by atoms with Gasteiger partial charge in [0.2, 0.25) is 0 Å². The van der Waals surface area contributed by atoms with Crippen molar-refractivity contribution in [1.82, 2.24) is 5.32 Å². The lowest BCUT2D eigenvalue weighted by atomic mass is 9.92. The number of hydrogen-bond donors (Lipinski definition) is 1. The first kappa shape index (κ1) is 12.3. The molecular weight excluding hydrogens is 313 g/mol. The third-order valence-electron chi connectivity index (χ3n) is 3.07. The van der Waals surface area contributed by atoms with E-state index in [0.29, 0.717) is 12.0 Å². The van der Waals surface area contributed by atoms with Gasteiger partial charge >= 0.3 is 0 Å². The second-order valence-electron chi connectivity index (χ2n) is 4.21. The van der Waals surface area contributed by atoms with Gasteiger partial charge in [-0.1, -0.05) is 19.1 Å². The van der Waals surface area contributed by atoms with Crippen LogP contribution in [0, 0.1) is 9.49 Å². The normalized spacial score (nSPS) is 22.2. The Kier molecular flexibility index (Phi) is 4.61. The lowest BCUT2D eigenvalue weighted by Crippen LogP contribution is -2.28. The SMILES string of the molecule is CCNC(c1cccc(I)c1)C1CCOC1. The van der Waals surface area contributed by atoms with E-state index in [2.05, 4.69) is 59.1 Å². The molecule has 2 atom stereocenters. The molecule has 0 spiro atoms. The van der Waals surface area contributed by atoms with E-state index < -0.39 is 0 Å². The number of hydrogen-bond acceptors (Lipinski definition) is 2. The van der Waals surface area contributed by atoms with E-state index in [1.165, 1.54) is 15.6 Å². The minimum absolute atomic E-state index is 0.446. The molecule has 2 rings (SSSR count). The third kappa shape index (κ3) is 2.96. The molecule has 2 unspecified atom stereocenters. The summed E-state index contributed by atoms with van der Waals surface area (Å²) in [5.41, 5.74) is 1.39. The summed E-state index contributed by atoms with van der Waals surface area (Å²) < 4.78 is 6.80. The van der Waals surface area contributed by atoms with Crippen LogP contribution in [-0.2, 0) is 4.74 Å². The van der Waals surface area contributed by atoms with Gasteiger partial charge in [0.25, 0.3) is 0 Å². The molecule has 1 aromatic carbocycles. The van der Waals surface area contributed by atoms with Crippen LogP contribution in [0.3, 0.4) is 0 Å². The van der Waals surface area contributed by atoms with Gasteiger partial charge in [-0.05, 0) is 53.3 Å². The second-order valence-corrected chi connectivity index (χ2v) is 5.46. The van der Waals surface area contributed by atoms with Crippen molar-refractivity contribution in [2.75, 3.05) is 19.8 Å². The summed E-state index contributed by atoms with van der Waals surface area (Å²) in [6.07, 6.45) is 1.17. The van der Waals surface area contributed by atoms with Crippen LogP contribution >= 0.6 is 22.6 Å². The van der Waals surface area contributed by atoms with Crippen LogP contribution in [0.5, 0.6) is 0 Å². The Morgan fingerprint density at radius 3 is 3.06 bits per heavy atom. The van der Waals surface area contributed by atoms with Crippen LogP contribution in [0.25, 0.3) is 0 Å². The first-order chi connectivity index (χ1) is 7.81. The van der Waals surface area contributed by atoms with Crippen molar-refractivity contribution in [3.63, 3.8) is 0 Å². The van der Waals surface area contributed by atoms with Crippen LogP contribution in [0.1, 0.15) is 24.9 Å². The summed E-state index contributed by atoms with van der Waals surface area (Å²) in [7, 11) is 0.